The molecule has 0 aromatic carbocycles. The van der Waals surface area contributed by atoms with Gasteiger partial charge in [0.2, 0.25) is 0 Å². The summed E-state index contributed by atoms with van der Waals surface area (Å²) in [6.45, 7) is 11.4. The molecule has 0 aliphatic carbocycles. The van der Waals surface area contributed by atoms with E-state index in [2.05, 4.69) is 34.6 Å². The van der Waals surface area contributed by atoms with Crippen LogP contribution < -0.4 is 0 Å². The number of hydrogen-bond acceptors (Lipinski definition) is 6. The number of hydrogen-bond donors (Lipinski definition) is 0. The molecule has 0 amide bonds. The van der Waals surface area contributed by atoms with Crippen molar-refractivity contribution < 1.29 is 28.6 Å². The molecule has 0 spiro atoms. The van der Waals surface area contributed by atoms with Crippen LogP contribution in [-0.2, 0) is 28.6 Å². The van der Waals surface area contributed by atoms with Crippen LogP contribution in [0.1, 0.15) is 336 Å². The predicted molar refractivity (Wildman–Crippen MR) is 284 cm³/mol. The van der Waals surface area contributed by atoms with Crippen molar-refractivity contribution in [1.29, 1.82) is 0 Å². The highest BCUT2D eigenvalue weighted by Gasteiger charge is 2.19. The van der Waals surface area contributed by atoms with Gasteiger partial charge in [-0.25, -0.2) is 0 Å². The van der Waals surface area contributed by atoms with Crippen LogP contribution in [0, 0.1) is 11.8 Å². The first kappa shape index (κ1) is 64.4. The Morgan fingerprint density at radius 1 is 0.288 bits per heavy atom. The number of esters is 3. The summed E-state index contributed by atoms with van der Waals surface area (Å²) in [5.74, 6) is 0.792. The highest BCUT2D eigenvalue weighted by Crippen LogP contribution is 2.18. The number of unbranched alkanes of at least 4 members (excludes halogenated alkanes) is 39. The molecule has 6 nitrogen and oxygen atoms in total. The fraction of sp³-hybridized carbons (Fsp3) is 0.950. The van der Waals surface area contributed by atoms with Gasteiger partial charge >= 0.3 is 17.9 Å². The Bertz CT molecular complexity index is 1010. The van der Waals surface area contributed by atoms with E-state index in [0.29, 0.717) is 19.3 Å². The van der Waals surface area contributed by atoms with E-state index < -0.39 is 6.10 Å². The molecule has 0 aliphatic heterocycles. The molecule has 0 unspecified atom stereocenters. The summed E-state index contributed by atoms with van der Waals surface area (Å²) >= 11 is 0. The van der Waals surface area contributed by atoms with Crippen LogP contribution in [0.5, 0.6) is 0 Å². The molecule has 392 valence electrons. The van der Waals surface area contributed by atoms with Crippen LogP contribution in [0.4, 0.5) is 0 Å². The Balaban J connectivity index is 4.22. The zero-order valence-corrected chi connectivity index (χ0v) is 45.3. The van der Waals surface area contributed by atoms with E-state index in [0.717, 1.165) is 69.6 Å². The molecular formula is C60H116O6. The maximum atomic E-state index is 12.9. The van der Waals surface area contributed by atoms with Crippen LogP contribution in [0.2, 0.25) is 0 Å². The molecule has 0 fully saturated rings. The van der Waals surface area contributed by atoms with Crippen molar-refractivity contribution in [2.24, 2.45) is 11.8 Å². The van der Waals surface area contributed by atoms with Crippen molar-refractivity contribution in [3.8, 4) is 0 Å². The first-order valence-electron chi connectivity index (χ1n) is 29.7. The largest absolute Gasteiger partial charge is 0.462 e. The molecule has 0 aromatic heterocycles. The Morgan fingerprint density at radius 2 is 0.500 bits per heavy atom. The van der Waals surface area contributed by atoms with Crippen molar-refractivity contribution in [3.05, 3.63) is 0 Å². The maximum Gasteiger partial charge on any atom is 0.306 e. The standard InChI is InChI=1S/C60H116O6/c1-6-7-8-9-10-11-12-13-14-15-16-17-21-24-27-30-35-40-45-50-58(61)64-53-57(54-65-59(62)51-46-41-37-32-34-39-44-49-56(4)5)66-60(63)52-47-42-36-31-28-25-22-19-18-20-23-26-29-33-38-43-48-55(2)3/h55-57H,6-54H2,1-5H3/t57-/m1/s1. The molecule has 66 heavy (non-hydrogen) atoms. The third-order valence-electron chi connectivity index (χ3n) is 13.7. The summed E-state index contributed by atoms with van der Waals surface area (Å²) in [7, 11) is 0. The molecule has 0 N–H and O–H groups in total. The molecule has 0 heterocycles. The van der Waals surface area contributed by atoms with E-state index in [1.165, 1.54) is 225 Å². The van der Waals surface area contributed by atoms with Gasteiger partial charge in [-0.2, -0.15) is 0 Å². The van der Waals surface area contributed by atoms with Crippen molar-refractivity contribution >= 4 is 17.9 Å². The van der Waals surface area contributed by atoms with E-state index >= 15 is 0 Å². The zero-order chi connectivity index (χ0) is 48.2. The molecule has 0 radical (unpaired) electrons. The van der Waals surface area contributed by atoms with Gasteiger partial charge in [0.1, 0.15) is 13.2 Å². The van der Waals surface area contributed by atoms with Gasteiger partial charge < -0.3 is 14.2 Å². The van der Waals surface area contributed by atoms with Gasteiger partial charge in [0.05, 0.1) is 0 Å². The molecule has 1 atom stereocenters. The van der Waals surface area contributed by atoms with Crippen molar-refractivity contribution in [2.45, 2.75) is 343 Å². The Hall–Kier alpha value is -1.59. The van der Waals surface area contributed by atoms with Crippen LogP contribution in [0.15, 0.2) is 0 Å². The zero-order valence-electron chi connectivity index (χ0n) is 45.3. The van der Waals surface area contributed by atoms with Gasteiger partial charge in [0, 0.05) is 19.3 Å². The van der Waals surface area contributed by atoms with Gasteiger partial charge in [-0.1, -0.05) is 298 Å². The molecule has 0 aliphatic rings. The normalized spacial score (nSPS) is 12.0. The molecule has 0 bridgehead atoms. The van der Waals surface area contributed by atoms with Gasteiger partial charge in [0.15, 0.2) is 6.10 Å². The number of ether oxygens (including phenoxy) is 3. The van der Waals surface area contributed by atoms with Crippen LogP contribution in [-0.4, -0.2) is 37.2 Å². The molecule has 0 rings (SSSR count). The average Bonchev–Trinajstić information content (AvgIpc) is 3.29. The van der Waals surface area contributed by atoms with Gasteiger partial charge in [-0.3, -0.25) is 14.4 Å². The highest BCUT2D eigenvalue weighted by molar-refractivity contribution is 5.71. The number of carbonyl (C=O) groups excluding carboxylic acids is 3. The maximum absolute atomic E-state index is 12.9. The molecule has 0 saturated heterocycles. The fourth-order valence-electron chi connectivity index (χ4n) is 9.23. The minimum Gasteiger partial charge on any atom is -0.462 e. The lowest BCUT2D eigenvalue weighted by atomic mass is 10.0. The van der Waals surface area contributed by atoms with Crippen LogP contribution in [0.25, 0.3) is 0 Å². The molecule has 6 heteroatoms. The average molecular weight is 934 g/mol. The van der Waals surface area contributed by atoms with E-state index in [1.807, 2.05) is 0 Å². The molecule has 0 saturated carbocycles. The Kier molecular flexibility index (Phi) is 51.5. The monoisotopic (exact) mass is 933 g/mol. The molecule has 0 aromatic rings. The lowest BCUT2D eigenvalue weighted by Gasteiger charge is -2.18. The summed E-state index contributed by atoms with van der Waals surface area (Å²) in [5.41, 5.74) is 0. The lowest BCUT2D eigenvalue weighted by Crippen LogP contribution is -2.30. The first-order chi connectivity index (χ1) is 32.2. The second kappa shape index (κ2) is 52.8. The van der Waals surface area contributed by atoms with Crippen molar-refractivity contribution in [3.63, 3.8) is 0 Å². The van der Waals surface area contributed by atoms with Gasteiger partial charge in [-0.05, 0) is 31.1 Å². The smallest absolute Gasteiger partial charge is 0.306 e. The Labute approximate surface area is 412 Å². The Morgan fingerprint density at radius 3 is 0.742 bits per heavy atom. The van der Waals surface area contributed by atoms with Crippen molar-refractivity contribution in [2.75, 3.05) is 13.2 Å². The van der Waals surface area contributed by atoms with Crippen molar-refractivity contribution in [1.82, 2.24) is 0 Å². The van der Waals surface area contributed by atoms with E-state index in [4.69, 9.17) is 14.2 Å². The summed E-state index contributed by atoms with van der Waals surface area (Å²) < 4.78 is 16.9. The number of rotatable bonds is 54. The van der Waals surface area contributed by atoms with E-state index in [1.54, 1.807) is 0 Å². The van der Waals surface area contributed by atoms with E-state index in [9.17, 15) is 14.4 Å². The third kappa shape index (κ3) is 53.4. The fourth-order valence-corrected chi connectivity index (χ4v) is 9.23. The van der Waals surface area contributed by atoms with Gasteiger partial charge in [0.25, 0.3) is 0 Å². The first-order valence-corrected chi connectivity index (χ1v) is 29.7. The van der Waals surface area contributed by atoms with Crippen LogP contribution in [0.3, 0.4) is 0 Å². The predicted octanol–water partition coefficient (Wildman–Crippen LogP) is 19.7. The minimum absolute atomic E-state index is 0.0631. The second-order valence-electron chi connectivity index (χ2n) is 21.6. The van der Waals surface area contributed by atoms with Crippen LogP contribution >= 0.6 is 0 Å². The summed E-state index contributed by atoms with van der Waals surface area (Å²) in [4.78, 5) is 38.1. The quantitative estimate of drug-likeness (QED) is 0.0343. The SMILES string of the molecule is CCCCCCCCCCCCCCCCCCCCCC(=O)OC[C@H](COC(=O)CCCCCCCCCC(C)C)OC(=O)CCCCCCCCCCCCCCCCCCC(C)C. The summed E-state index contributed by atoms with van der Waals surface area (Å²) in [5, 5.41) is 0. The van der Waals surface area contributed by atoms with E-state index in [-0.39, 0.29) is 31.1 Å². The highest BCUT2D eigenvalue weighted by atomic mass is 16.6. The second-order valence-corrected chi connectivity index (χ2v) is 21.6. The topological polar surface area (TPSA) is 78.9 Å². The third-order valence-corrected chi connectivity index (χ3v) is 13.7. The minimum atomic E-state index is -0.763. The lowest BCUT2D eigenvalue weighted by molar-refractivity contribution is -0.167. The number of carbonyl (C=O) groups is 3. The summed E-state index contributed by atoms with van der Waals surface area (Å²) in [6.07, 6.45) is 56.8. The molecular weight excluding hydrogens is 817 g/mol. The van der Waals surface area contributed by atoms with Gasteiger partial charge in [-0.15, -0.1) is 0 Å². The summed E-state index contributed by atoms with van der Waals surface area (Å²) in [6, 6.07) is 0.